The molecule has 0 spiro atoms. The highest BCUT2D eigenvalue weighted by Gasteiger charge is 2.34. The second kappa shape index (κ2) is 7.19. The predicted octanol–water partition coefficient (Wildman–Crippen LogP) is 1.21. The van der Waals surface area contributed by atoms with Gasteiger partial charge in [0.05, 0.1) is 4.91 Å². The van der Waals surface area contributed by atoms with Crippen LogP contribution >= 0.6 is 24.0 Å². The van der Waals surface area contributed by atoms with Gasteiger partial charge in [-0.15, -0.1) is 0 Å². The molecule has 2 N–H and O–H groups in total. The van der Waals surface area contributed by atoms with Crippen molar-refractivity contribution in [2.24, 2.45) is 0 Å². The van der Waals surface area contributed by atoms with Gasteiger partial charge in [0.25, 0.3) is 11.1 Å². The molecule has 1 aromatic rings. The highest BCUT2D eigenvalue weighted by Crippen LogP contribution is 2.31. The lowest BCUT2D eigenvalue weighted by Crippen LogP contribution is -2.40. The van der Waals surface area contributed by atoms with Gasteiger partial charge in [0.15, 0.2) is 5.11 Å². The van der Waals surface area contributed by atoms with Crippen LogP contribution in [-0.4, -0.2) is 46.3 Å². The SMILES string of the molecule is CNC(=S)NCCN1C(=O)S/C(=C\c2cccnc2)C1=O. The summed E-state index contributed by atoms with van der Waals surface area (Å²) in [4.78, 5) is 29.6. The average molecular weight is 322 g/mol. The summed E-state index contributed by atoms with van der Waals surface area (Å²) in [6.07, 6.45) is 4.96. The number of pyridine rings is 1. The summed E-state index contributed by atoms with van der Waals surface area (Å²) in [5, 5.41) is 5.87. The number of hydrogen-bond donors (Lipinski definition) is 2. The van der Waals surface area contributed by atoms with Gasteiger partial charge >= 0.3 is 0 Å². The van der Waals surface area contributed by atoms with E-state index in [0.29, 0.717) is 16.6 Å². The molecule has 0 radical (unpaired) electrons. The van der Waals surface area contributed by atoms with E-state index in [1.54, 1.807) is 31.6 Å². The summed E-state index contributed by atoms with van der Waals surface area (Å²) in [6.45, 7) is 0.689. The number of rotatable bonds is 4. The maximum absolute atomic E-state index is 12.2. The summed E-state index contributed by atoms with van der Waals surface area (Å²) in [5.41, 5.74) is 0.789. The van der Waals surface area contributed by atoms with E-state index >= 15 is 0 Å². The molecule has 6 nitrogen and oxygen atoms in total. The molecule has 1 aliphatic rings. The van der Waals surface area contributed by atoms with E-state index in [1.807, 2.05) is 6.07 Å². The largest absolute Gasteiger partial charge is 0.366 e. The Labute approximate surface area is 132 Å². The fraction of sp³-hybridized carbons (Fsp3) is 0.231. The third kappa shape index (κ3) is 4.02. The van der Waals surface area contributed by atoms with Crippen molar-refractivity contribution in [2.45, 2.75) is 0 Å². The van der Waals surface area contributed by atoms with Gasteiger partial charge in [0, 0.05) is 32.5 Å². The summed E-state index contributed by atoms with van der Waals surface area (Å²) in [6, 6.07) is 3.60. The number of amides is 2. The average Bonchev–Trinajstić information content (AvgIpc) is 2.75. The topological polar surface area (TPSA) is 74.3 Å². The molecule has 1 aliphatic heterocycles. The Hall–Kier alpha value is -1.93. The first-order valence-corrected chi connectivity index (χ1v) is 7.45. The molecule has 8 heteroatoms. The first kappa shape index (κ1) is 15.5. The molecule has 0 unspecified atom stereocenters. The summed E-state index contributed by atoms with van der Waals surface area (Å²) < 4.78 is 0. The third-order valence-corrected chi connectivity index (χ3v) is 3.96. The molecule has 0 atom stereocenters. The van der Waals surface area contributed by atoms with Crippen molar-refractivity contribution >= 4 is 46.3 Å². The highest BCUT2D eigenvalue weighted by molar-refractivity contribution is 8.18. The standard InChI is InChI=1S/C13H14N4O2S2/c1-14-12(20)16-5-6-17-11(18)10(21-13(17)19)7-9-3-2-4-15-8-9/h2-4,7-8H,5-6H2,1H3,(H2,14,16,20)/b10-7-. The van der Waals surface area contributed by atoms with E-state index in [9.17, 15) is 9.59 Å². The number of carbonyl (C=O) groups is 2. The van der Waals surface area contributed by atoms with E-state index in [1.165, 1.54) is 4.90 Å². The molecule has 0 aliphatic carbocycles. The molecule has 0 bridgehead atoms. The van der Waals surface area contributed by atoms with Gasteiger partial charge in [-0.1, -0.05) is 6.07 Å². The highest BCUT2D eigenvalue weighted by atomic mass is 32.2. The van der Waals surface area contributed by atoms with E-state index < -0.39 is 0 Å². The van der Waals surface area contributed by atoms with Gasteiger partial charge in [0.2, 0.25) is 0 Å². The molecule has 2 amide bonds. The molecule has 2 heterocycles. The van der Waals surface area contributed by atoms with Crippen molar-refractivity contribution in [3.63, 3.8) is 0 Å². The Morgan fingerprint density at radius 2 is 2.33 bits per heavy atom. The molecule has 1 saturated heterocycles. The molecule has 2 rings (SSSR count). The van der Waals surface area contributed by atoms with Crippen molar-refractivity contribution in [2.75, 3.05) is 20.1 Å². The Bertz CT molecular complexity index is 589. The number of aromatic nitrogens is 1. The first-order valence-electron chi connectivity index (χ1n) is 6.23. The zero-order valence-electron chi connectivity index (χ0n) is 11.3. The van der Waals surface area contributed by atoms with E-state index in [2.05, 4.69) is 15.6 Å². The molecule has 1 fully saturated rings. The maximum Gasteiger partial charge on any atom is 0.293 e. The normalized spacial score (nSPS) is 16.4. The van der Waals surface area contributed by atoms with Crippen LogP contribution in [0.3, 0.4) is 0 Å². The number of nitrogens with one attached hydrogen (secondary N) is 2. The van der Waals surface area contributed by atoms with Crippen LogP contribution in [0.5, 0.6) is 0 Å². The minimum atomic E-state index is -0.286. The Balaban J connectivity index is 2.00. The van der Waals surface area contributed by atoms with Gasteiger partial charge in [0.1, 0.15) is 0 Å². The molecule has 0 saturated carbocycles. The van der Waals surface area contributed by atoms with E-state index in [-0.39, 0.29) is 17.7 Å². The lowest BCUT2D eigenvalue weighted by atomic mass is 10.2. The molecule has 21 heavy (non-hydrogen) atoms. The van der Waals surface area contributed by atoms with Crippen LogP contribution in [0.1, 0.15) is 5.56 Å². The Morgan fingerprint density at radius 1 is 1.52 bits per heavy atom. The van der Waals surface area contributed by atoms with E-state index in [4.69, 9.17) is 12.2 Å². The minimum Gasteiger partial charge on any atom is -0.366 e. The Kier molecular flexibility index (Phi) is 5.29. The van der Waals surface area contributed by atoms with Crippen molar-refractivity contribution in [3.05, 3.63) is 35.0 Å². The zero-order chi connectivity index (χ0) is 15.2. The van der Waals surface area contributed by atoms with Gasteiger partial charge in [-0.25, -0.2) is 0 Å². The third-order valence-electron chi connectivity index (χ3n) is 2.70. The van der Waals surface area contributed by atoms with Crippen LogP contribution in [0.15, 0.2) is 29.4 Å². The number of carbonyl (C=O) groups excluding carboxylic acids is 2. The monoisotopic (exact) mass is 322 g/mol. The number of thioether (sulfide) groups is 1. The number of nitrogens with zero attached hydrogens (tertiary/aromatic N) is 2. The second-order valence-corrected chi connectivity index (χ2v) is 5.53. The van der Waals surface area contributed by atoms with Gasteiger partial charge in [-0.3, -0.25) is 19.5 Å². The number of thiocarbonyl (C=S) groups is 1. The van der Waals surface area contributed by atoms with Crippen LogP contribution < -0.4 is 10.6 Å². The van der Waals surface area contributed by atoms with Gasteiger partial charge in [-0.2, -0.15) is 0 Å². The van der Waals surface area contributed by atoms with Crippen LogP contribution in [0.2, 0.25) is 0 Å². The molecule has 0 aromatic carbocycles. The molecular formula is C13H14N4O2S2. The lowest BCUT2D eigenvalue weighted by Gasteiger charge is -2.13. The van der Waals surface area contributed by atoms with Crippen molar-refractivity contribution < 1.29 is 9.59 Å². The summed E-state index contributed by atoms with van der Waals surface area (Å²) >= 11 is 5.87. The zero-order valence-corrected chi connectivity index (χ0v) is 13.0. The summed E-state index contributed by atoms with van der Waals surface area (Å²) in [7, 11) is 1.70. The first-order chi connectivity index (χ1) is 10.1. The minimum absolute atomic E-state index is 0.271. The number of hydrogen-bond acceptors (Lipinski definition) is 5. The molecule has 1 aromatic heterocycles. The quantitative estimate of drug-likeness (QED) is 0.637. The van der Waals surface area contributed by atoms with E-state index in [0.717, 1.165) is 17.3 Å². The summed E-state index contributed by atoms with van der Waals surface area (Å²) in [5.74, 6) is -0.286. The van der Waals surface area contributed by atoms with Crippen LogP contribution in [0.25, 0.3) is 6.08 Å². The Morgan fingerprint density at radius 3 is 3.00 bits per heavy atom. The van der Waals surface area contributed by atoms with Crippen LogP contribution in [0.4, 0.5) is 4.79 Å². The fourth-order valence-electron chi connectivity index (χ4n) is 1.68. The molecule has 110 valence electrons. The van der Waals surface area contributed by atoms with Gasteiger partial charge in [-0.05, 0) is 41.7 Å². The van der Waals surface area contributed by atoms with Crippen LogP contribution in [-0.2, 0) is 4.79 Å². The smallest absolute Gasteiger partial charge is 0.293 e. The van der Waals surface area contributed by atoms with Crippen molar-refractivity contribution in [1.29, 1.82) is 0 Å². The predicted molar refractivity (Wildman–Crippen MR) is 86.6 cm³/mol. The van der Waals surface area contributed by atoms with Crippen molar-refractivity contribution in [3.8, 4) is 0 Å². The lowest BCUT2D eigenvalue weighted by molar-refractivity contribution is -0.122. The van der Waals surface area contributed by atoms with Crippen LogP contribution in [0, 0.1) is 0 Å². The fourth-order valence-corrected chi connectivity index (χ4v) is 2.64. The van der Waals surface area contributed by atoms with Gasteiger partial charge < -0.3 is 10.6 Å². The maximum atomic E-state index is 12.2. The second-order valence-electron chi connectivity index (χ2n) is 4.13. The van der Waals surface area contributed by atoms with Crippen molar-refractivity contribution in [1.82, 2.24) is 20.5 Å². The number of imide groups is 1. The molecular weight excluding hydrogens is 308 g/mol.